The molecule has 2 aromatic carbocycles. The van der Waals surface area contributed by atoms with Crippen molar-refractivity contribution in [3.05, 3.63) is 65.2 Å². The van der Waals surface area contributed by atoms with Crippen molar-refractivity contribution < 1.29 is 8.78 Å². The minimum atomic E-state index is -0.789. The Morgan fingerprint density at radius 1 is 1.15 bits per heavy atom. The van der Waals surface area contributed by atoms with Crippen LogP contribution in [0.15, 0.2) is 47.4 Å². The van der Waals surface area contributed by atoms with Gasteiger partial charge in [-0.15, -0.1) is 11.8 Å². The molecular weight excluding hydrogens is 276 g/mol. The molecule has 2 aromatic rings. The molecule has 20 heavy (non-hydrogen) atoms. The molecule has 0 aliphatic carbocycles. The van der Waals surface area contributed by atoms with Gasteiger partial charge in [0, 0.05) is 21.8 Å². The van der Waals surface area contributed by atoms with E-state index in [4.69, 9.17) is 0 Å². The van der Waals surface area contributed by atoms with Crippen LogP contribution >= 0.6 is 11.8 Å². The monoisotopic (exact) mass is 291 g/mol. The van der Waals surface area contributed by atoms with E-state index in [9.17, 15) is 8.78 Å². The molecule has 0 spiro atoms. The number of hydrogen-bond donors (Lipinski definition) is 1. The zero-order valence-electron chi connectivity index (χ0n) is 11.1. The Labute approximate surface area is 121 Å². The summed E-state index contributed by atoms with van der Waals surface area (Å²) in [6, 6.07) is 12.4. The third-order valence-electron chi connectivity index (χ3n) is 3.67. The van der Waals surface area contributed by atoms with Gasteiger partial charge in [0.2, 0.25) is 0 Å². The summed E-state index contributed by atoms with van der Waals surface area (Å²) >= 11 is 1.73. The molecule has 0 bridgehead atoms. The van der Waals surface area contributed by atoms with E-state index >= 15 is 0 Å². The second kappa shape index (κ2) is 5.54. The number of benzene rings is 2. The topological polar surface area (TPSA) is 12.0 Å². The van der Waals surface area contributed by atoms with Crippen LogP contribution in [0.4, 0.5) is 8.78 Å². The van der Waals surface area contributed by atoms with Crippen LogP contribution in [0.3, 0.4) is 0 Å². The lowest BCUT2D eigenvalue weighted by Gasteiger charge is -2.23. The lowest BCUT2D eigenvalue weighted by atomic mass is 9.98. The molecule has 1 aliphatic rings. The van der Waals surface area contributed by atoms with E-state index in [1.54, 1.807) is 30.9 Å². The van der Waals surface area contributed by atoms with Gasteiger partial charge in [0.05, 0.1) is 0 Å². The Morgan fingerprint density at radius 3 is 2.70 bits per heavy atom. The molecule has 0 fully saturated rings. The first kappa shape index (κ1) is 13.6. The van der Waals surface area contributed by atoms with Crippen molar-refractivity contribution in [2.24, 2.45) is 0 Å². The molecule has 4 heteroatoms. The Morgan fingerprint density at radius 2 is 1.95 bits per heavy atom. The highest BCUT2D eigenvalue weighted by molar-refractivity contribution is 8.00. The maximum absolute atomic E-state index is 14.0. The first-order chi connectivity index (χ1) is 9.70. The average molecular weight is 291 g/mol. The summed E-state index contributed by atoms with van der Waals surface area (Å²) in [7, 11) is 1.79. The van der Waals surface area contributed by atoms with Crippen molar-refractivity contribution >= 4 is 11.8 Å². The average Bonchev–Trinajstić information content (AvgIpc) is 2.87. The van der Waals surface area contributed by atoms with E-state index in [0.717, 1.165) is 12.5 Å². The van der Waals surface area contributed by atoms with Crippen LogP contribution in [0.2, 0.25) is 0 Å². The fraction of sp³-hybridized carbons (Fsp3) is 0.250. The van der Waals surface area contributed by atoms with Crippen LogP contribution in [-0.4, -0.2) is 12.3 Å². The van der Waals surface area contributed by atoms with Gasteiger partial charge < -0.3 is 5.32 Å². The maximum Gasteiger partial charge on any atom is 0.163 e. The van der Waals surface area contributed by atoms with Crippen molar-refractivity contribution in [3.8, 4) is 0 Å². The molecule has 1 heterocycles. The summed E-state index contributed by atoms with van der Waals surface area (Å²) in [5, 5.41) is 3.31. The van der Waals surface area contributed by atoms with Gasteiger partial charge in [-0.2, -0.15) is 0 Å². The predicted octanol–water partition coefficient (Wildman–Crippen LogP) is 3.94. The van der Waals surface area contributed by atoms with Gasteiger partial charge in [0.15, 0.2) is 11.6 Å². The molecule has 0 saturated carbocycles. The van der Waals surface area contributed by atoms with Gasteiger partial charge in [-0.05, 0) is 31.2 Å². The van der Waals surface area contributed by atoms with Crippen molar-refractivity contribution in [2.75, 3.05) is 7.05 Å². The minimum absolute atomic E-state index is 0.175. The van der Waals surface area contributed by atoms with Crippen LogP contribution in [0.25, 0.3) is 0 Å². The minimum Gasteiger partial charge on any atom is -0.312 e. The first-order valence-electron chi connectivity index (χ1n) is 6.56. The number of fused-ring (bicyclic) bond motifs is 1. The fourth-order valence-electron chi connectivity index (χ4n) is 2.70. The summed E-state index contributed by atoms with van der Waals surface area (Å²) in [5.41, 5.74) is 1.68. The highest BCUT2D eigenvalue weighted by atomic mass is 32.2. The molecule has 2 atom stereocenters. The van der Waals surface area contributed by atoms with E-state index in [1.165, 1.54) is 10.5 Å². The first-order valence-corrected chi connectivity index (χ1v) is 7.44. The smallest absolute Gasteiger partial charge is 0.163 e. The number of rotatable bonds is 3. The molecule has 1 nitrogen and oxygen atoms in total. The molecule has 0 amide bonds. The van der Waals surface area contributed by atoms with Gasteiger partial charge in [0.1, 0.15) is 0 Å². The zero-order chi connectivity index (χ0) is 14.1. The summed E-state index contributed by atoms with van der Waals surface area (Å²) in [5.74, 6) is -1.54. The van der Waals surface area contributed by atoms with Crippen LogP contribution in [-0.2, 0) is 6.42 Å². The van der Waals surface area contributed by atoms with Crippen LogP contribution in [0, 0.1) is 11.6 Å². The molecule has 0 saturated heterocycles. The van der Waals surface area contributed by atoms with Crippen LogP contribution < -0.4 is 5.32 Å². The Bertz CT molecular complexity index is 605. The van der Waals surface area contributed by atoms with Crippen molar-refractivity contribution in [1.29, 1.82) is 0 Å². The Balaban J connectivity index is 1.91. The second-order valence-corrected chi connectivity index (χ2v) is 6.16. The Kier molecular flexibility index (Phi) is 3.76. The number of thioether (sulfide) groups is 1. The van der Waals surface area contributed by atoms with E-state index in [0.29, 0.717) is 5.56 Å². The summed E-state index contributed by atoms with van der Waals surface area (Å²) in [6.07, 6.45) is 0.863. The Hall–Kier alpha value is -1.39. The summed E-state index contributed by atoms with van der Waals surface area (Å²) < 4.78 is 27.4. The quantitative estimate of drug-likeness (QED) is 0.919. The van der Waals surface area contributed by atoms with E-state index in [1.807, 2.05) is 12.1 Å². The van der Waals surface area contributed by atoms with Gasteiger partial charge >= 0.3 is 0 Å². The van der Waals surface area contributed by atoms with E-state index in [2.05, 4.69) is 17.4 Å². The highest BCUT2D eigenvalue weighted by Gasteiger charge is 2.31. The third-order valence-corrected chi connectivity index (χ3v) is 5.07. The lowest BCUT2D eigenvalue weighted by molar-refractivity contribution is 0.469. The molecule has 104 valence electrons. The highest BCUT2D eigenvalue weighted by Crippen LogP contribution is 2.42. The number of halogens is 2. The van der Waals surface area contributed by atoms with Gasteiger partial charge in [-0.25, -0.2) is 8.78 Å². The van der Waals surface area contributed by atoms with E-state index < -0.39 is 11.6 Å². The van der Waals surface area contributed by atoms with Crippen molar-refractivity contribution in [3.63, 3.8) is 0 Å². The van der Waals surface area contributed by atoms with Crippen LogP contribution in [0.5, 0.6) is 0 Å². The van der Waals surface area contributed by atoms with Crippen LogP contribution in [0.1, 0.15) is 17.2 Å². The van der Waals surface area contributed by atoms with E-state index in [-0.39, 0.29) is 11.3 Å². The molecule has 1 aliphatic heterocycles. The molecule has 1 N–H and O–H groups in total. The number of hydrogen-bond acceptors (Lipinski definition) is 2. The molecule has 2 unspecified atom stereocenters. The van der Waals surface area contributed by atoms with Crippen molar-refractivity contribution in [2.45, 2.75) is 22.6 Å². The number of nitrogens with one attached hydrogen (secondary N) is 1. The van der Waals surface area contributed by atoms with Gasteiger partial charge in [0.25, 0.3) is 0 Å². The molecule has 0 radical (unpaired) electrons. The van der Waals surface area contributed by atoms with Gasteiger partial charge in [-0.3, -0.25) is 0 Å². The largest absolute Gasteiger partial charge is 0.312 e. The molecular formula is C16H15F2NS. The maximum atomic E-state index is 14.0. The summed E-state index contributed by atoms with van der Waals surface area (Å²) in [4.78, 5) is 1.23. The SMILES string of the molecule is CNC(c1cccc(F)c1F)C1Cc2ccccc2S1. The molecule has 3 rings (SSSR count). The molecule has 0 aromatic heterocycles. The standard InChI is InChI=1S/C16H15F2NS/c1-19-16(11-6-4-7-12(17)15(11)18)14-9-10-5-2-3-8-13(10)20-14/h2-8,14,16,19H,9H2,1H3. The van der Waals surface area contributed by atoms with Gasteiger partial charge in [-0.1, -0.05) is 30.3 Å². The third kappa shape index (κ3) is 2.34. The fourth-order valence-corrected chi connectivity index (χ4v) is 4.16. The van der Waals surface area contributed by atoms with Crippen molar-refractivity contribution in [1.82, 2.24) is 5.32 Å². The second-order valence-electron chi connectivity index (χ2n) is 4.88. The predicted molar refractivity (Wildman–Crippen MR) is 77.9 cm³/mol. The lowest BCUT2D eigenvalue weighted by Crippen LogP contribution is -2.28. The normalized spacial score (nSPS) is 18.9. The zero-order valence-corrected chi connectivity index (χ0v) is 11.9. The summed E-state index contributed by atoms with van der Waals surface area (Å²) in [6.45, 7) is 0.